The van der Waals surface area contributed by atoms with Crippen molar-refractivity contribution in [1.29, 1.82) is 0 Å². The zero-order chi connectivity index (χ0) is 13.7. The molecule has 2 rings (SSSR count). The number of nitrogens with zero attached hydrogens (tertiary/aromatic N) is 1. The molecule has 0 bridgehead atoms. The maximum Gasteiger partial charge on any atom is 0.0473 e. The highest BCUT2D eigenvalue weighted by Crippen LogP contribution is 2.13. The van der Waals surface area contributed by atoms with E-state index in [-0.39, 0.29) is 0 Å². The zero-order valence-electron chi connectivity index (χ0n) is 11.6. The third-order valence-electron chi connectivity index (χ3n) is 3.02. The fourth-order valence-electron chi connectivity index (χ4n) is 2.09. The lowest BCUT2D eigenvalue weighted by Crippen LogP contribution is -2.20. The predicted octanol–water partition coefficient (Wildman–Crippen LogP) is 3.94. The van der Waals surface area contributed by atoms with E-state index in [4.69, 9.17) is 11.6 Å². The van der Waals surface area contributed by atoms with Gasteiger partial charge in [-0.25, -0.2) is 0 Å². The second kappa shape index (κ2) is 6.78. The minimum absolute atomic E-state index is 0.677. The first kappa shape index (κ1) is 14.2. The molecule has 0 unspecified atom stereocenters. The van der Waals surface area contributed by atoms with E-state index in [2.05, 4.69) is 48.1 Å². The summed E-state index contributed by atoms with van der Waals surface area (Å²) in [5.74, 6) is 0.677. The zero-order valence-corrected chi connectivity index (χ0v) is 12.3. The van der Waals surface area contributed by atoms with Gasteiger partial charge in [0.1, 0.15) is 0 Å². The Hall–Kier alpha value is -1.25. The molecule has 1 N–H and O–H groups in total. The quantitative estimate of drug-likeness (QED) is 0.846. The van der Waals surface area contributed by atoms with E-state index in [1.807, 2.05) is 18.2 Å². The van der Waals surface area contributed by atoms with E-state index in [0.29, 0.717) is 5.92 Å². The molecule has 3 heteroatoms. The van der Waals surface area contributed by atoms with Crippen molar-refractivity contribution >= 4 is 11.6 Å². The number of hydrogen-bond donors (Lipinski definition) is 1. The van der Waals surface area contributed by atoms with Crippen LogP contribution in [0.25, 0.3) is 0 Å². The molecule has 2 aromatic rings. The predicted molar refractivity (Wildman–Crippen MR) is 81.5 cm³/mol. The lowest BCUT2D eigenvalue weighted by molar-refractivity contribution is 0.539. The third kappa shape index (κ3) is 4.41. The summed E-state index contributed by atoms with van der Waals surface area (Å²) in [5.41, 5.74) is 2.54. The van der Waals surface area contributed by atoms with Crippen LogP contribution in [0.5, 0.6) is 0 Å². The van der Waals surface area contributed by atoms with Gasteiger partial charge in [0.25, 0.3) is 0 Å². The number of nitrogens with one attached hydrogen (secondary N) is 1. The highest BCUT2D eigenvalue weighted by molar-refractivity contribution is 6.30. The monoisotopic (exact) mass is 276 g/mol. The van der Waals surface area contributed by atoms with Crippen molar-refractivity contribution in [3.63, 3.8) is 0 Å². The van der Waals surface area contributed by atoms with Crippen molar-refractivity contribution < 1.29 is 0 Å². The molecular weight excluding hydrogens is 256 g/mol. The Morgan fingerprint density at radius 1 is 1.21 bits per heavy atom. The Morgan fingerprint density at radius 3 is 2.79 bits per heavy atom. The molecule has 1 heterocycles. The van der Waals surface area contributed by atoms with E-state index in [1.165, 1.54) is 11.3 Å². The second-order valence-corrected chi connectivity index (χ2v) is 5.72. The van der Waals surface area contributed by atoms with Crippen LogP contribution in [0.15, 0.2) is 42.6 Å². The number of hydrogen-bond acceptors (Lipinski definition) is 1. The van der Waals surface area contributed by atoms with Crippen LogP contribution in [0.4, 0.5) is 0 Å². The Morgan fingerprint density at radius 2 is 2.05 bits per heavy atom. The highest BCUT2D eigenvalue weighted by atomic mass is 35.5. The van der Waals surface area contributed by atoms with Crippen LogP contribution in [0.1, 0.15) is 25.1 Å². The normalized spacial score (nSPS) is 11.2. The summed E-state index contributed by atoms with van der Waals surface area (Å²) in [7, 11) is 0. The molecule has 0 saturated carbocycles. The van der Waals surface area contributed by atoms with Crippen LogP contribution in [0, 0.1) is 5.92 Å². The minimum atomic E-state index is 0.677. The topological polar surface area (TPSA) is 17.0 Å². The molecule has 102 valence electrons. The summed E-state index contributed by atoms with van der Waals surface area (Å²) in [6.07, 6.45) is 2.12. The lowest BCUT2D eigenvalue weighted by Gasteiger charge is -2.12. The fraction of sp³-hybridized carbons (Fsp3) is 0.375. The van der Waals surface area contributed by atoms with Crippen LogP contribution in [-0.4, -0.2) is 11.1 Å². The minimum Gasteiger partial charge on any atom is -0.346 e. The van der Waals surface area contributed by atoms with Gasteiger partial charge in [0.2, 0.25) is 0 Å². The first-order valence-corrected chi connectivity index (χ1v) is 7.12. The molecule has 0 spiro atoms. The van der Waals surface area contributed by atoms with Crippen LogP contribution in [0.2, 0.25) is 5.02 Å². The Bertz CT molecular complexity index is 517. The van der Waals surface area contributed by atoms with Gasteiger partial charge in [-0.05, 0) is 42.3 Å². The maximum atomic E-state index is 6.02. The van der Waals surface area contributed by atoms with Gasteiger partial charge in [-0.3, -0.25) is 0 Å². The maximum absolute atomic E-state index is 6.02. The van der Waals surface area contributed by atoms with Gasteiger partial charge in [-0.1, -0.05) is 37.6 Å². The summed E-state index contributed by atoms with van der Waals surface area (Å²) in [6, 6.07) is 12.3. The summed E-state index contributed by atoms with van der Waals surface area (Å²) in [6.45, 7) is 7.26. The molecule has 0 fully saturated rings. The Balaban J connectivity index is 1.99. The molecule has 0 amide bonds. The number of benzene rings is 1. The smallest absolute Gasteiger partial charge is 0.0473 e. The highest BCUT2D eigenvalue weighted by Gasteiger charge is 2.02. The number of aromatic nitrogens is 1. The summed E-state index contributed by atoms with van der Waals surface area (Å²) in [5, 5.41) is 4.27. The number of rotatable bonds is 6. The average molecular weight is 277 g/mol. The van der Waals surface area contributed by atoms with Gasteiger partial charge < -0.3 is 9.88 Å². The van der Waals surface area contributed by atoms with Gasteiger partial charge in [0, 0.05) is 30.0 Å². The largest absolute Gasteiger partial charge is 0.346 e. The fourth-order valence-corrected chi connectivity index (χ4v) is 2.30. The van der Waals surface area contributed by atoms with Gasteiger partial charge in [0.05, 0.1) is 0 Å². The van der Waals surface area contributed by atoms with E-state index in [1.54, 1.807) is 0 Å². The molecule has 19 heavy (non-hydrogen) atoms. The van der Waals surface area contributed by atoms with Crippen molar-refractivity contribution in [3.05, 3.63) is 58.9 Å². The van der Waals surface area contributed by atoms with E-state index in [0.717, 1.165) is 24.7 Å². The molecule has 2 nitrogen and oxygen atoms in total. The van der Waals surface area contributed by atoms with Gasteiger partial charge >= 0.3 is 0 Å². The first-order valence-electron chi connectivity index (χ1n) is 6.74. The average Bonchev–Trinajstić information content (AvgIpc) is 2.76. The molecule has 0 aliphatic carbocycles. The molecule has 1 aromatic carbocycles. The van der Waals surface area contributed by atoms with Gasteiger partial charge in [0.15, 0.2) is 0 Å². The van der Waals surface area contributed by atoms with Crippen molar-refractivity contribution in [1.82, 2.24) is 9.88 Å². The molecule has 0 radical (unpaired) electrons. The summed E-state index contributed by atoms with van der Waals surface area (Å²) in [4.78, 5) is 0. The van der Waals surface area contributed by atoms with E-state index < -0.39 is 0 Å². The second-order valence-electron chi connectivity index (χ2n) is 5.28. The standard InChI is InChI=1S/C16H21ClN2/c1-13(2)10-18-11-16-7-4-8-19(16)12-14-5-3-6-15(17)9-14/h3-9,13,18H,10-12H2,1-2H3. The first-order chi connectivity index (χ1) is 9.15. The van der Waals surface area contributed by atoms with Crippen molar-refractivity contribution in [2.24, 2.45) is 5.92 Å². The van der Waals surface area contributed by atoms with E-state index in [9.17, 15) is 0 Å². The number of halogens is 1. The molecule has 0 aliphatic heterocycles. The van der Waals surface area contributed by atoms with Crippen molar-refractivity contribution in [2.75, 3.05) is 6.54 Å². The summed E-state index contributed by atoms with van der Waals surface area (Å²) < 4.78 is 2.26. The lowest BCUT2D eigenvalue weighted by atomic mass is 10.2. The third-order valence-corrected chi connectivity index (χ3v) is 3.26. The van der Waals surface area contributed by atoms with Crippen LogP contribution in [-0.2, 0) is 13.1 Å². The van der Waals surface area contributed by atoms with Crippen molar-refractivity contribution in [2.45, 2.75) is 26.9 Å². The van der Waals surface area contributed by atoms with Crippen molar-refractivity contribution in [3.8, 4) is 0 Å². The molecule has 0 saturated heterocycles. The summed E-state index contributed by atoms with van der Waals surface area (Å²) >= 11 is 6.02. The van der Waals surface area contributed by atoms with Gasteiger partial charge in [-0.15, -0.1) is 0 Å². The molecular formula is C16H21ClN2. The van der Waals surface area contributed by atoms with E-state index >= 15 is 0 Å². The van der Waals surface area contributed by atoms with Crippen LogP contribution in [0.3, 0.4) is 0 Å². The van der Waals surface area contributed by atoms with Crippen LogP contribution >= 0.6 is 11.6 Å². The Labute approximate surface area is 120 Å². The molecule has 0 aliphatic rings. The van der Waals surface area contributed by atoms with Gasteiger partial charge in [-0.2, -0.15) is 0 Å². The SMILES string of the molecule is CC(C)CNCc1cccn1Cc1cccc(Cl)c1. The van der Waals surface area contributed by atoms with Crippen LogP contribution < -0.4 is 5.32 Å². The Kier molecular flexibility index (Phi) is 5.06. The molecule has 0 atom stereocenters. The molecule has 1 aromatic heterocycles.